The smallest absolute Gasteiger partial charge is 0.357 e. The highest BCUT2D eigenvalue weighted by Gasteiger charge is 2.24. The molecule has 5 heteroatoms. The summed E-state index contributed by atoms with van der Waals surface area (Å²) in [6, 6.07) is 7.89. The summed E-state index contributed by atoms with van der Waals surface area (Å²) >= 11 is 3.55. The zero-order valence-electron chi connectivity index (χ0n) is 11.2. The summed E-state index contributed by atoms with van der Waals surface area (Å²) in [5, 5.41) is 1.06. The molecule has 0 N–H and O–H groups in total. The third kappa shape index (κ3) is 2.16. The van der Waals surface area contributed by atoms with E-state index in [2.05, 4.69) is 25.8 Å². The molecule has 4 nitrogen and oxygen atoms in total. The fraction of sp³-hybridized carbons (Fsp3) is 0.333. The Balaban J connectivity index is 2.28. The van der Waals surface area contributed by atoms with Crippen molar-refractivity contribution in [1.29, 1.82) is 0 Å². The van der Waals surface area contributed by atoms with Gasteiger partial charge in [-0.3, -0.25) is 0 Å². The van der Waals surface area contributed by atoms with E-state index >= 15 is 0 Å². The lowest BCUT2D eigenvalue weighted by Crippen LogP contribution is -2.20. The number of carbonyl (C=O) groups is 1. The second kappa shape index (κ2) is 5.40. The molecule has 0 radical (unpaired) electrons. The Labute approximate surface area is 125 Å². The van der Waals surface area contributed by atoms with Gasteiger partial charge in [-0.1, -0.05) is 18.2 Å². The number of aromatic nitrogens is 1. The largest absolute Gasteiger partial charge is 0.464 e. The Morgan fingerprint density at radius 2 is 2.00 bits per heavy atom. The van der Waals surface area contributed by atoms with Crippen LogP contribution in [0.3, 0.4) is 0 Å². The van der Waals surface area contributed by atoms with E-state index in [9.17, 15) is 4.79 Å². The number of carbonyl (C=O) groups excluding carboxylic acids is 1. The number of fused-ring (bicyclic) bond motifs is 1. The molecule has 0 bridgehead atoms. The summed E-state index contributed by atoms with van der Waals surface area (Å²) in [5.74, 6) is -0.414. The van der Waals surface area contributed by atoms with Crippen LogP contribution in [0.25, 0.3) is 10.9 Å². The molecule has 1 aliphatic rings. The van der Waals surface area contributed by atoms with E-state index in [4.69, 9.17) is 4.74 Å². The second-order valence-electron chi connectivity index (χ2n) is 4.83. The number of methoxy groups -OCH3 is 1. The molecule has 2 aromatic rings. The predicted octanol–water partition coefficient (Wildman–Crippen LogP) is 3.38. The molecule has 0 atom stereocenters. The van der Waals surface area contributed by atoms with E-state index in [1.54, 1.807) is 0 Å². The third-order valence-corrected chi connectivity index (χ3v) is 4.36. The molecule has 0 unspecified atom stereocenters. The maximum Gasteiger partial charge on any atom is 0.357 e. The predicted molar refractivity (Wildman–Crippen MR) is 82.2 cm³/mol. The number of hydrogen-bond donors (Lipinski definition) is 0. The van der Waals surface area contributed by atoms with Crippen LogP contribution in [0.5, 0.6) is 0 Å². The van der Waals surface area contributed by atoms with Crippen LogP contribution in [0, 0.1) is 0 Å². The quantitative estimate of drug-likeness (QED) is 0.789. The van der Waals surface area contributed by atoms with Crippen molar-refractivity contribution < 1.29 is 9.53 Å². The van der Waals surface area contributed by atoms with Crippen LogP contribution in [-0.4, -0.2) is 31.2 Å². The number of nitrogens with zero attached hydrogens (tertiary/aromatic N) is 2. The van der Waals surface area contributed by atoms with Gasteiger partial charge in [-0.25, -0.2) is 9.78 Å². The molecule has 0 amide bonds. The summed E-state index contributed by atoms with van der Waals surface area (Å²) in [7, 11) is 1.38. The first-order valence-corrected chi connectivity index (χ1v) is 7.43. The molecule has 3 rings (SSSR count). The van der Waals surface area contributed by atoms with Crippen molar-refractivity contribution in [2.75, 3.05) is 25.1 Å². The van der Waals surface area contributed by atoms with E-state index in [0.29, 0.717) is 5.69 Å². The number of esters is 1. The molecule has 1 fully saturated rings. The van der Waals surface area contributed by atoms with Crippen molar-refractivity contribution in [3.8, 4) is 0 Å². The summed E-state index contributed by atoms with van der Waals surface area (Å²) in [6.45, 7) is 2.01. The second-order valence-corrected chi connectivity index (χ2v) is 5.62. The van der Waals surface area contributed by atoms with Gasteiger partial charge in [-0.2, -0.15) is 0 Å². The highest BCUT2D eigenvalue weighted by Crippen LogP contribution is 2.37. The molecule has 0 spiro atoms. The molecule has 104 valence electrons. The summed E-state index contributed by atoms with van der Waals surface area (Å²) < 4.78 is 5.56. The fourth-order valence-electron chi connectivity index (χ4n) is 2.65. The Kier molecular flexibility index (Phi) is 3.61. The Morgan fingerprint density at radius 3 is 2.70 bits per heavy atom. The molecule has 1 aromatic heterocycles. The van der Waals surface area contributed by atoms with Crippen LogP contribution < -0.4 is 4.90 Å². The fourth-order valence-corrected chi connectivity index (χ4v) is 3.37. The van der Waals surface area contributed by atoms with Crippen LogP contribution in [0.15, 0.2) is 28.7 Å². The van der Waals surface area contributed by atoms with Crippen molar-refractivity contribution in [2.45, 2.75) is 12.8 Å². The molecule has 1 aliphatic heterocycles. The van der Waals surface area contributed by atoms with E-state index in [1.165, 1.54) is 20.0 Å². The van der Waals surface area contributed by atoms with Crippen LogP contribution >= 0.6 is 15.9 Å². The number of pyridine rings is 1. The molecular formula is C15H15BrN2O2. The highest BCUT2D eigenvalue weighted by molar-refractivity contribution is 9.10. The van der Waals surface area contributed by atoms with Gasteiger partial charge in [-0.05, 0) is 34.8 Å². The van der Waals surface area contributed by atoms with Gasteiger partial charge in [0.15, 0.2) is 5.69 Å². The number of benzene rings is 1. The summed E-state index contributed by atoms with van der Waals surface area (Å²) in [6.07, 6.45) is 2.35. The third-order valence-electron chi connectivity index (χ3n) is 3.61. The number of anilines is 1. The van der Waals surface area contributed by atoms with Crippen LogP contribution in [0.2, 0.25) is 0 Å². The van der Waals surface area contributed by atoms with Crippen molar-refractivity contribution in [1.82, 2.24) is 4.98 Å². The summed E-state index contributed by atoms with van der Waals surface area (Å²) in [4.78, 5) is 18.6. The molecule has 0 saturated carbocycles. The highest BCUT2D eigenvalue weighted by atomic mass is 79.9. The van der Waals surface area contributed by atoms with Gasteiger partial charge in [0.1, 0.15) is 0 Å². The molecule has 1 aromatic carbocycles. The lowest BCUT2D eigenvalue weighted by atomic mass is 10.1. The average molecular weight is 335 g/mol. The van der Waals surface area contributed by atoms with E-state index in [0.717, 1.165) is 34.2 Å². The average Bonchev–Trinajstić information content (AvgIpc) is 2.99. The Hall–Kier alpha value is -1.62. The maximum absolute atomic E-state index is 11.9. The number of ether oxygens (including phenoxy) is 1. The number of para-hydroxylation sites is 1. The zero-order chi connectivity index (χ0) is 14.1. The summed E-state index contributed by atoms with van der Waals surface area (Å²) in [5.41, 5.74) is 2.21. The first-order chi connectivity index (χ1) is 9.72. The first kappa shape index (κ1) is 13.4. The van der Waals surface area contributed by atoms with Crippen molar-refractivity contribution >= 4 is 38.5 Å². The number of rotatable bonds is 2. The maximum atomic E-state index is 11.9. The lowest BCUT2D eigenvalue weighted by Gasteiger charge is -2.22. The van der Waals surface area contributed by atoms with Crippen molar-refractivity contribution in [3.63, 3.8) is 0 Å². The molecule has 1 saturated heterocycles. The SMILES string of the molecule is COC(=O)c1nc2ccccc2c(N2CCCC2)c1Br. The van der Waals surface area contributed by atoms with Gasteiger partial charge in [0, 0.05) is 18.5 Å². The molecule has 2 heterocycles. The monoisotopic (exact) mass is 334 g/mol. The standard InChI is InChI=1S/C15H15BrN2O2/c1-20-15(19)13-12(16)14(18-8-4-5-9-18)10-6-2-3-7-11(10)17-13/h2-3,6-7H,4-5,8-9H2,1H3. The molecule has 20 heavy (non-hydrogen) atoms. The minimum Gasteiger partial charge on any atom is -0.464 e. The van der Waals surface area contributed by atoms with E-state index in [1.807, 2.05) is 24.3 Å². The minimum atomic E-state index is -0.414. The lowest BCUT2D eigenvalue weighted by molar-refractivity contribution is 0.0593. The van der Waals surface area contributed by atoms with Crippen LogP contribution in [-0.2, 0) is 4.74 Å². The Morgan fingerprint density at radius 1 is 1.30 bits per heavy atom. The van der Waals surface area contributed by atoms with Crippen molar-refractivity contribution in [2.24, 2.45) is 0 Å². The normalized spacial score (nSPS) is 14.8. The van der Waals surface area contributed by atoms with Crippen molar-refractivity contribution in [3.05, 3.63) is 34.4 Å². The first-order valence-electron chi connectivity index (χ1n) is 6.64. The topological polar surface area (TPSA) is 42.4 Å². The molecule has 0 aliphatic carbocycles. The van der Waals surface area contributed by atoms with Gasteiger partial charge in [0.2, 0.25) is 0 Å². The van der Waals surface area contributed by atoms with E-state index in [-0.39, 0.29) is 0 Å². The van der Waals surface area contributed by atoms with Gasteiger partial charge in [0.05, 0.1) is 22.8 Å². The van der Waals surface area contributed by atoms with Gasteiger partial charge in [0.25, 0.3) is 0 Å². The van der Waals surface area contributed by atoms with Gasteiger partial charge in [-0.15, -0.1) is 0 Å². The number of hydrogen-bond acceptors (Lipinski definition) is 4. The minimum absolute atomic E-state index is 0.341. The number of halogens is 1. The Bertz CT molecular complexity index is 666. The molecular weight excluding hydrogens is 320 g/mol. The van der Waals surface area contributed by atoms with Crippen LogP contribution in [0.1, 0.15) is 23.3 Å². The van der Waals surface area contributed by atoms with Crippen LogP contribution in [0.4, 0.5) is 5.69 Å². The van der Waals surface area contributed by atoms with E-state index < -0.39 is 5.97 Å². The van der Waals surface area contributed by atoms with Gasteiger partial charge >= 0.3 is 5.97 Å². The zero-order valence-corrected chi connectivity index (χ0v) is 12.8. The van der Waals surface area contributed by atoms with Gasteiger partial charge < -0.3 is 9.64 Å².